The average Bonchev–Trinajstić information content (AvgIpc) is 3.28. The molecular formula is C37H30N4. The van der Waals surface area contributed by atoms with Crippen LogP contribution < -0.4 is 0 Å². The largest absolute Gasteiger partial charge is 0.307 e. The maximum absolute atomic E-state index is 10.1. The molecule has 0 spiro atoms. The lowest BCUT2D eigenvalue weighted by Crippen LogP contribution is -2.02. The van der Waals surface area contributed by atoms with Gasteiger partial charge in [-0.05, 0) is 117 Å². The molecule has 5 aromatic rings. The quantitative estimate of drug-likeness (QED) is 0.217. The van der Waals surface area contributed by atoms with Gasteiger partial charge in [0.15, 0.2) is 0 Å². The Labute approximate surface area is 241 Å². The van der Waals surface area contributed by atoms with Gasteiger partial charge >= 0.3 is 0 Å². The Hall–Kier alpha value is -5.37. The molecule has 0 saturated heterocycles. The summed E-state index contributed by atoms with van der Waals surface area (Å²) in [5, 5.41) is 31.9. The van der Waals surface area contributed by atoms with Crippen LogP contribution >= 0.6 is 0 Å². The molecule has 0 aliphatic rings. The van der Waals surface area contributed by atoms with Crippen LogP contribution in [0.25, 0.3) is 44.2 Å². The molecule has 0 amide bonds. The second-order valence-electron chi connectivity index (χ2n) is 10.7. The van der Waals surface area contributed by atoms with Crippen molar-refractivity contribution in [3.8, 4) is 35.0 Å². The van der Waals surface area contributed by atoms with Gasteiger partial charge in [-0.2, -0.15) is 15.8 Å². The van der Waals surface area contributed by atoms with Crippen LogP contribution in [0.5, 0.6) is 0 Å². The first-order valence-electron chi connectivity index (χ1n) is 13.6. The lowest BCUT2D eigenvalue weighted by Gasteiger charge is -2.14. The number of hydrogen-bond donors (Lipinski definition) is 0. The van der Waals surface area contributed by atoms with Gasteiger partial charge in [-0.15, -0.1) is 0 Å². The summed E-state index contributed by atoms with van der Waals surface area (Å²) in [6.45, 7) is 12.7. The van der Waals surface area contributed by atoms with Gasteiger partial charge in [0, 0.05) is 10.8 Å². The van der Waals surface area contributed by atoms with Gasteiger partial charge in [-0.3, -0.25) is 0 Å². The van der Waals surface area contributed by atoms with Crippen molar-refractivity contribution >= 4 is 27.4 Å². The van der Waals surface area contributed by atoms with Crippen LogP contribution in [0.2, 0.25) is 0 Å². The Morgan fingerprint density at radius 3 is 1.85 bits per heavy atom. The molecule has 4 heteroatoms. The van der Waals surface area contributed by atoms with Gasteiger partial charge in [0.05, 0.1) is 39.5 Å². The predicted molar refractivity (Wildman–Crippen MR) is 168 cm³/mol. The molecule has 1 aromatic heterocycles. The van der Waals surface area contributed by atoms with Gasteiger partial charge in [-0.25, -0.2) is 0 Å². The minimum absolute atomic E-state index is 0.289. The first kappa shape index (κ1) is 27.2. The molecule has 0 atom stereocenters. The second kappa shape index (κ2) is 10.7. The molecule has 198 valence electrons. The zero-order valence-corrected chi connectivity index (χ0v) is 24.2. The van der Waals surface area contributed by atoms with E-state index in [0.29, 0.717) is 5.69 Å². The minimum atomic E-state index is 0.289. The Morgan fingerprint density at radius 2 is 1.32 bits per heavy atom. The van der Waals surface area contributed by atoms with Crippen LogP contribution in [0.4, 0.5) is 0 Å². The van der Waals surface area contributed by atoms with E-state index < -0.39 is 0 Å². The van der Waals surface area contributed by atoms with E-state index in [1.54, 1.807) is 12.1 Å². The van der Waals surface area contributed by atoms with E-state index in [2.05, 4.69) is 120 Å². The summed E-state index contributed by atoms with van der Waals surface area (Å²) in [6.07, 6.45) is 2.13. The summed E-state index contributed by atoms with van der Waals surface area (Å²) in [4.78, 5) is 0. The number of hydrogen-bond acceptors (Lipinski definition) is 3. The smallest absolute Gasteiger partial charge is 0.101 e. The number of aromatic nitrogens is 1. The molecule has 4 nitrogen and oxygen atoms in total. The fraction of sp³-hybridized carbons (Fsp3) is 0.162. The number of fused-ring (bicyclic) bond motifs is 3. The van der Waals surface area contributed by atoms with E-state index in [-0.39, 0.29) is 16.7 Å². The van der Waals surface area contributed by atoms with Gasteiger partial charge in [0.1, 0.15) is 12.1 Å². The molecule has 41 heavy (non-hydrogen) atoms. The normalized spacial score (nSPS) is 11.2. The molecular weight excluding hydrogens is 500 g/mol. The van der Waals surface area contributed by atoms with Gasteiger partial charge in [-0.1, -0.05) is 42.0 Å². The first-order chi connectivity index (χ1) is 19.7. The van der Waals surface area contributed by atoms with Crippen molar-refractivity contribution in [3.05, 3.63) is 117 Å². The molecule has 0 fully saturated rings. The third-order valence-corrected chi connectivity index (χ3v) is 7.85. The molecule has 1 heterocycles. The van der Waals surface area contributed by atoms with Crippen LogP contribution in [0.3, 0.4) is 0 Å². The summed E-state index contributed by atoms with van der Waals surface area (Å²) in [6, 6.07) is 28.9. The molecule has 0 aliphatic carbocycles. The highest BCUT2D eigenvalue weighted by atomic mass is 15.0. The SMILES string of the molecule is CC=C(C)C(=C(C)C)c1ccc2c(c1)c1cc(-c3c(C)cccc3C)ccc1n2-c1c(C#N)cc(C#N)cc1C#N. The van der Waals surface area contributed by atoms with Crippen molar-refractivity contribution in [1.29, 1.82) is 15.8 Å². The number of allylic oxidation sites excluding steroid dienone is 4. The summed E-state index contributed by atoms with van der Waals surface area (Å²) >= 11 is 0. The van der Waals surface area contributed by atoms with Crippen LogP contribution in [0.1, 0.15) is 61.1 Å². The molecule has 0 radical (unpaired) electrons. The Kier molecular flexibility index (Phi) is 7.07. The fourth-order valence-electron chi connectivity index (χ4n) is 6.01. The van der Waals surface area contributed by atoms with Crippen molar-refractivity contribution in [1.82, 2.24) is 4.57 Å². The van der Waals surface area contributed by atoms with E-state index in [4.69, 9.17) is 0 Å². The highest BCUT2D eigenvalue weighted by molar-refractivity contribution is 6.12. The van der Waals surface area contributed by atoms with E-state index in [1.807, 2.05) is 4.57 Å². The molecule has 0 N–H and O–H groups in total. The topological polar surface area (TPSA) is 76.3 Å². The Balaban J connectivity index is 1.96. The van der Waals surface area contributed by atoms with Crippen LogP contribution in [-0.4, -0.2) is 4.57 Å². The third-order valence-electron chi connectivity index (χ3n) is 7.85. The standard InChI is InChI=1S/C37H30N4/c1-7-23(4)35(22(2)3)27-11-13-33-31(17-27)32-18-28(36-24(5)9-8-10-25(36)6)12-14-34(32)41(33)37-29(20-39)15-26(19-38)16-30(37)21-40/h7-18H,1-6H3. The van der Waals surface area contributed by atoms with Crippen LogP contribution in [-0.2, 0) is 0 Å². The zero-order chi connectivity index (χ0) is 29.4. The van der Waals surface area contributed by atoms with Crippen LogP contribution in [0, 0.1) is 47.8 Å². The molecule has 0 aliphatic heterocycles. The average molecular weight is 531 g/mol. The van der Waals surface area contributed by atoms with Crippen LogP contribution in [0.15, 0.2) is 84.0 Å². The fourth-order valence-corrected chi connectivity index (χ4v) is 6.01. The molecule has 0 unspecified atom stereocenters. The van der Waals surface area contributed by atoms with Crippen molar-refractivity contribution < 1.29 is 0 Å². The molecule has 0 saturated carbocycles. The van der Waals surface area contributed by atoms with Gasteiger partial charge < -0.3 is 4.57 Å². The van der Waals surface area contributed by atoms with E-state index in [1.165, 1.54) is 33.4 Å². The Morgan fingerprint density at radius 1 is 0.732 bits per heavy atom. The summed E-state index contributed by atoms with van der Waals surface area (Å²) < 4.78 is 2.01. The molecule has 4 aromatic carbocycles. The maximum atomic E-state index is 10.1. The Bertz CT molecular complexity index is 2020. The second-order valence-corrected chi connectivity index (χ2v) is 10.7. The third kappa shape index (κ3) is 4.49. The first-order valence-corrected chi connectivity index (χ1v) is 13.6. The monoisotopic (exact) mass is 530 g/mol. The van der Waals surface area contributed by atoms with Crippen molar-refractivity contribution in [3.63, 3.8) is 0 Å². The van der Waals surface area contributed by atoms with Crippen molar-refractivity contribution in [2.24, 2.45) is 0 Å². The lowest BCUT2D eigenvalue weighted by atomic mass is 9.92. The van der Waals surface area contributed by atoms with E-state index in [9.17, 15) is 15.8 Å². The van der Waals surface area contributed by atoms with E-state index in [0.717, 1.165) is 32.9 Å². The lowest BCUT2D eigenvalue weighted by molar-refractivity contribution is 1.15. The highest BCUT2D eigenvalue weighted by Crippen LogP contribution is 2.40. The predicted octanol–water partition coefficient (Wildman–Crippen LogP) is 9.44. The number of rotatable bonds is 4. The highest BCUT2D eigenvalue weighted by Gasteiger charge is 2.21. The molecule has 0 bridgehead atoms. The number of benzene rings is 4. The van der Waals surface area contributed by atoms with E-state index >= 15 is 0 Å². The minimum Gasteiger partial charge on any atom is -0.307 e. The number of nitrogens with zero attached hydrogens (tertiary/aromatic N) is 4. The summed E-state index contributed by atoms with van der Waals surface area (Å²) in [5.74, 6) is 0. The zero-order valence-electron chi connectivity index (χ0n) is 24.2. The summed E-state index contributed by atoms with van der Waals surface area (Å²) in [5.41, 5.74) is 12.6. The van der Waals surface area contributed by atoms with Gasteiger partial charge in [0.2, 0.25) is 0 Å². The summed E-state index contributed by atoms with van der Waals surface area (Å²) in [7, 11) is 0. The van der Waals surface area contributed by atoms with Gasteiger partial charge in [0.25, 0.3) is 0 Å². The maximum Gasteiger partial charge on any atom is 0.101 e. The number of aryl methyl sites for hydroxylation is 2. The van der Waals surface area contributed by atoms with Crippen molar-refractivity contribution in [2.75, 3.05) is 0 Å². The number of nitriles is 3. The molecule has 5 rings (SSSR count). The van der Waals surface area contributed by atoms with Crippen molar-refractivity contribution in [2.45, 2.75) is 41.5 Å².